The molecule has 2 heterocycles. The predicted molar refractivity (Wildman–Crippen MR) is 71.7 cm³/mol. The number of allylic oxidation sites excluding steroid dienone is 1. The van der Waals surface area contributed by atoms with Crippen LogP contribution >= 0.6 is 12.2 Å². The van der Waals surface area contributed by atoms with E-state index in [0.29, 0.717) is 6.54 Å². The number of hydrogen-bond donors (Lipinski definition) is 0. The first-order valence-corrected chi connectivity index (χ1v) is 5.79. The number of benzene rings is 1. The number of para-hydroxylation sites is 2. The van der Waals surface area contributed by atoms with Crippen molar-refractivity contribution in [2.45, 2.75) is 6.54 Å². The van der Waals surface area contributed by atoms with Gasteiger partial charge in [-0.3, -0.25) is 4.40 Å². The van der Waals surface area contributed by atoms with Crippen LogP contribution < -0.4 is 0 Å². The molecule has 0 amide bonds. The molecule has 0 fully saturated rings. The predicted octanol–water partition coefficient (Wildman–Crippen LogP) is 3.20. The van der Waals surface area contributed by atoms with Crippen molar-refractivity contribution >= 4 is 28.9 Å². The minimum absolute atomic E-state index is 0.710. The molecule has 0 saturated heterocycles. The van der Waals surface area contributed by atoms with Crippen LogP contribution in [0.4, 0.5) is 0 Å². The minimum atomic E-state index is 0.710. The van der Waals surface area contributed by atoms with E-state index in [-0.39, 0.29) is 0 Å². The molecular weight excluding hydrogens is 230 g/mol. The molecule has 0 aliphatic rings. The molecule has 0 saturated carbocycles. The quantitative estimate of drug-likeness (QED) is 0.508. The smallest absolute Gasteiger partial charge is 0.186 e. The Labute approximate surface area is 104 Å². The van der Waals surface area contributed by atoms with Crippen molar-refractivity contribution in [3.8, 4) is 0 Å². The highest BCUT2D eigenvalue weighted by molar-refractivity contribution is 7.71. The Morgan fingerprint density at radius 1 is 1.29 bits per heavy atom. The minimum Gasteiger partial charge on any atom is -0.321 e. The first kappa shape index (κ1) is 10.2. The van der Waals surface area contributed by atoms with Gasteiger partial charge in [0.25, 0.3) is 0 Å². The normalized spacial score (nSPS) is 11.1. The maximum atomic E-state index is 5.48. The van der Waals surface area contributed by atoms with E-state index in [9.17, 15) is 0 Å². The fourth-order valence-electron chi connectivity index (χ4n) is 1.98. The van der Waals surface area contributed by atoms with E-state index in [0.717, 1.165) is 21.5 Å². The van der Waals surface area contributed by atoms with Crippen molar-refractivity contribution in [2.24, 2.45) is 0 Å². The third-order valence-electron chi connectivity index (χ3n) is 2.75. The number of aromatic nitrogens is 3. The van der Waals surface area contributed by atoms with E-state index in [1.165, 1.54) is 0 Å². The average molecular weight is 241 g/mol. The number of nitrogens with zero attached hydrogens (tertiary/aromatic N) is 3. The van der Waals surface area contributed by atoms with E-state index in [4.69, 9.17) is 12.2 Å². The molecular formula is C13H11N3S. The van der Waals surface area contributed by atoms with Crippen LogP contribution in [-0.2, 0) is 6.54 Å². The molecule has 0 aliphatic carbocycles. The van der Waals surface area contributed by atoms with Crippen molar-refractivity contribution < 1.29 is 0 Å². The van der Waals surface area contributed by atoms with Gasteiger partial charge in [-0.15, -0.1) is 6.58 Å². The molecule has 0 radical (unpaired) electrons. The van der Waals surface area contributed by atoms with Gasteiger partial charge in [0.15, 0.2) is 4.77 Å². The molecule has 0 atom stereocenters. The number of rotatable bonds is 2. The summed E-state index contributed by atoms with van der Waals surface area (Å²) in [4.78, 5) is 4.53. The number of imidazole rings is 1. The molecule has 2 aromatic heterocycles. The van der Waals surface area contributed by atoms with Crippen molar-refractivity contribution in [3.05, 3.63) is 54.0 Å². The Balaban J connectivity index is 2.48. The third kappa shape index (κ3) is 1.49. The standard InChI is InChI=1S/C13H11N3S/c1-2-8-15-9-7-12-14-10-5-3-4-6-11(10)16(12)13(15)17/h2-7,9H,1,8H2. The maximum Gasteiger partial charge on any atom is 0.186 e. The van der Waals surface area contributed by atoms with E-state index in [1.54, 1.807) is 0 Å². The molecule has 0 unspecified atom stereocenters. The summed E-state index contributed by atoms with van der Waals surface area (Å²) in [6.45, 7) is 4.44. The molecule has 3 aromatic rings. The largest absolute Gasteiger partial charge is 0.321 e. The van der Waals surface area contributed by atoms with Crippen molar-refractivity contribution in [1.82, 2.24) is 14.0 Å². The van der Waals surface area contributed by atoms with Gasteiger partial charge in [0, 0.05) is 12.7 Å². The Kier molecular flexibility index (Phi) is 2.30. The van der Waals surface area contributed by atoms with Gasteiger partial charge in [-0.1, -0.05) is 18.2 Å². The topological polar surface area (TPSA) is 22.2 Å². The van der Waals surface area contributed by atoms with Gasteiger partial charge >= 0.3 is 0 Å². The zero-order valence-corrected chi connectivity index (χ0v) is 10.0. The summed E-state index contributed by atoms with van der Waals surface area (Å²) in [5.41, 5.74) is 2.90. The van der Waals surface area contributed by atoms with Gasteiger partial charge in [0.2, 0.25) is 0 Å². The summed E-state index contributed by atoms with van der Waals surface area (Å²) in [5, 5.41) is 0. The second kappa shape index (κ2) is 3.82. The molecule has 0 N–H and O–H groups in total. The summed E-state index contributed by atoms with van der Waals surface area (Å²) in [7, 11) is 0. The summed E-state index contributed by atoms with van der Waals surface area (Å²) in [6, 6.07) is 9.98. The lowest BCUT2D eigenvalue weighted by molar-refractivity contribution is 0.763. The van der Waals surface area contributed by atoms with Crippen LogP contribution in [0, 0.1) is 4.77 Å². The molecule has 0 aliphatic heterocycles. The summed E-state index contributed by atoms with van der Waals surface area (Å²) in [6.07, 6.45) is 3.78. The Bertz CT molecular complexity index is 767. The fourth-order valence-corrected chi connectivity index (χ4v) is 2.31. The van der Waals surface area contributed by atoms with Crippen LogP contribution in [0.5, 0.6) is 0 Å². The van der Waals surface area contributed by atoms with Crippen LogP contribution in [-0.4, -0.2) is 14.0 Å². The van der Waals surface area contributed by atoms with Gasteiger partial charge in [0.1, 0.15) is 5.65 Å². The average Bonchev–Trinajstić information content (AvgIpc) is 2.72. The summed E-state index contributed by atoms with van der Waals surface area (Å²) < 4.78 is 4.72. The molecule has 3 rings (SSSR count). The van der Waals surface area contributed by atoms with E-state index in [1.807, 2.05) is 51.6 Å². The fraction of sp³-hybridized carbons (Fsp3) is 0.0769. The lowest BCUT2D eigenvalue weighted by Gasteiger charge is -2.04. The van der Waals surface area contributed by atoms with Crippen molar-refractivity contribution in [1.29, 1.82) is 0 Å². The SMILES string of the molecule is C=CCn1ccc2nc3ccccc3n2c1=S. The molecule has 0 spiro atoms. The van der Waals surface area contributed by atoms with Crippen molar-refractivity contribution in [3.63, 3.8) is 0 Å². The zero-order valence-electron chi connectivity index (χ0n) is 9.21. The van der Waals surface area contributed by atoms with Gasteiger partial charge in [-0.2, -0.15) is 0 Å². The highest BCUT2D eigenvalue weighted by atomic mass is 32.1. The lowest BCUT2D eigenvalue weighted by atomic mass is 10.3. The monoisotopic (exact) mass is 241 g/mol. The summed E-state index contributed by atoms with van der Waals surface area (Å²) >= 11 is 5.48. The van der Waals surface area contributed by atoms with Crippen LogP contribution in [0.15, 0.2) is 49.2 Å². The van der Waals surface area contributed by atoms with Crippen LogP contribution in [0.1, 0.15) is 0 Å². The van der Waals surface area contributed by atoms with Crippen LogP contribution in [0.25, 0.3) is 16.7 Å². The second-order valence-corrected chi connectivity index (χ2v) is 4.20. The molecule has 84 valence electrons. The van der Waals surface area contributed by atoms with Gasteiger partial charge < -0.3 is 4.57 Å². The van der Waals surface area contributed by atoms with E-state index >= 15 is 0 Å². The molecule has 0 bridgehead atoms. The van der Waals surface area contributed by atoms with Gasteiger partial charge in [-0.25, -0.2) is 4.98 Å². The summed E-state index contributed by atoms with van der Waals surface area (Å²) in [5.74, 6) is 0. The first-order chi connectivity index (χ1) is 8.31. The van der Waals surface area contributed by atoms with Gasteiger partial charge in [-0.05, 0) is 30.4 Å². The number of fused-ring (bicyclic) bond motifs is 3. The first-order valence-electron chi connectivity index (χ1n) is 5.39. The Hall–Kier alpha value is -1.94. The van der Waals surface area contributed by atoms with Crippen LogP contribution in [0.2, 0.25) is 0 Å². The highest BCUT2D eigenvalue weighted by Gasteiger charge is 2.05. The zero-order chi connectivity index (χ0) is 11.8. The van der Waals surface area contributed by atoms with Crippen molar-refractivity contribution in [2.75, 3.05) is 0 Å². The molecule has 3 nitrogen and oxygen atoms in total. The third-order valence-corrected chi connectivity index (χ3v) is 3.17. The van der Waals surface area contributed by atoms with Crippen LogP contribution in [0.3, 0.4) is 0 Å². The maximum absolute atomic E-state index is 5.48. The van der Waals surface area contributed by atoms with E-state index in [2.05, 4.69) is 11.6 Å². The highest BCUT2D eigenvalue weighted by Crippen LogP contribution is 2.16. The Morgan fingerprint density at radius 3 is 2.94 bits per heavy atom. The molecule has 1 aromatic carbocycles. The molecule has 17 heavy (non-hydrogen) atoms. The Morgan fingerprint density at radius 2 is 2.12 bits per heavy atom. The van der Waals surface area contributed by atoms with E-state index < -0.39 is 0 Å². The lowest BCUT2D eigenvalue weighted by Crippen LogP contribution is -2.02. The molecule has 4 heteroatoms. The number of hydrogen-bond acceptors (Lipinski definition) is 2. The van der Waals surface area contributed by atoms with Gasteiger partial charge in [0.05, 0.1) is 11.0 Å². The second-order valence-electron chi connectivity index (χ2n) is 3.83.